The van der Waals surface area contributed by atoms with E-state index in [1.54, 1.807) is 6.07 Å². The van der Waals surface area contributed by atoms with Gasteiger partial charge in [0.1, 0.15) is 0 Å². The van der Waals surface area contributed by atoms with Gasteiger partial charge in [-0.2, -0.15) is 0 Å². The summed E-state index contributed by atoms with van der Waals surface area (Å²) >= 11 is 0. The van der Waals surface area contributed by atoms with Crippen molar-refractivity contribution in [2.75, 3.05) is 0 Å². The molecule has 1 saturated carbocycles. The van der Waals surface area contributed by atoms with Gasteiger partial charge in [-0.15, -0.1) is 0 Å². The molecule has 0 unspecified atom stereocenters. The lowest BCUT2D eigenvalue weighted by Gasteiger charge is -2.25. The Hall–Kier alpha value is -1.91. The molecule has 5 heteroatoms. The summed E-state index contributed by atoms with van der Waals surface area (Å²) in [6.45, 7) is 5.80. The van der Waals surface area contributed by atoms with Crippen molar-refractivity contribution in [1.82, 2.24) is 15.5 Å². The van der Waals surface area contributed by atoms with Gasteiger partial charge in [-0.05, 0) is 39.7 Å². The largest absolute Gasteiger partial charge is 0.347 e. The Bertz CT molecular complexity index is 669. The highest BCUT2D eigenvalue weighted by molar-refractivity contribution is 6.06. The van der Waals surface area contributed by atoms with Gasteiger partial charge in [-0.3, -0.25) is 4.79 Å². The van der Waals surface area contributed by atoms with Crippen LogP contribution in [0.3, 0.4) is 0 Å². The Labute approximate surface area is 117 Å². The predicted molar refractivity (Wildman–Crippen MR) is 75.6 cm³/mol. The van der Waals surface area contributed by atoms with Gasteiger partial charge in [-0.1, -0.05) is 18.0 Å². The highest BCUT2D eigenvalue weighted by Crippen LogP contribution is 2.30. The first kappa shape index (κ1) is 13.1. The molecule has 2 heterocycles. The number of fused-ring (bicyclic) bond motifs is 1. The molecule has 0 saturated heterocycles. The third-order valence-corrected chi connectivity index (χ3v) is 4.11. The van der Waals surface area contributed by atoms with Gasteiger partial charge < -0.3 is 9.84 Å². The third-order valence-electron chi connectivity index (χ3n) is 4.11. The van der Waals surface area contributed by atoms with E-state index in [1.807, 2.05) is 13.8 Å². The number of amides is 1. The van der Waals surface area contributed by atoms with Crippen LogP contribution in [0.5, 0.6) is 0 Å². The molecule has 1 fully saturated rings. The van der Waals surface area contributed by atoms with Gasteiger partial charge in [-0.25, -0.2) is 4.98 Å². The van der Waals surface area contributed by atoms with Gasteiger partial charge in [0, 0.05) is 11.2 Å². The Balaban J connectivity index is 2.00. The third kappa shape index (κ3) is 2.17. The summed E-state index contributed by atoms with van der Waals surface area (Å²) in [7, 11) is 0. The molecule has 1 aliphatic rings. The van der Waals surface area contributed by atoms with Crippen molar-refractivity contribution in [1.29, 1.82) is 0 Å². The maximum atomic E-state index is 12.6. The quantitative estimate of drug-likeness (QED) is 0.913. The van der Waals surface area contributed by atoms with E-state index in [4.69, 9.17) is 4.52 Å². The molecule has 2 aromatic heterocycles. The Morgan fingerprint density at radius 3 is 2.75 bits per heavy atom. The van der Waals surface area contributed by atoms with Crippen molar-refractivity contribution < 1.29 is 9.32 Å². The summed E-state index contributed by atoms with van der Waals surface area (Å²) < 4.78 is 5.17. The van der Waals surface area contributed by atoms with Crippen molar-refractivity contribution in [2.45, 2.75) is 52.0 Å². The van der Waals surface area contributed by atoms with E-state index in [0.29, 0.717) is 17.0 Å². The first-order valence-electron chi connectivity index (χ1n) is 7.05. The summed E-state index contributed by atoms with van der Waals surface area (Å²) in [4.78, 5) is 16.9. The zero-order chi connectivity index (χ0) is 14.3. The zero-order valence-electron chi connectivity index (χ0n) is 12.1. The van der Waals surface area contributed by atoms with E-state index in [-0.39, 0.29) is 11.4 Å². The number of carbonyl (C=O) groups excluding carboxylic acids is 1. The average Bonchev–Trinajstić information content (AvgIpc) is 2.96. The molecular formula is C15H19N3O2. The van der Waals surface area contributed by atoms with Crippen molar-refractivity contribution in [3.63, 3.8) is 0 Å². The zero-order valence-corrected chi connectivity index (χ0v) is 12.1. The lowest BCUT2D eigenvalue weighted by Crippen LogP contribution is -2.43. The Morgan fingerprint density at radius 2 is 2.05 bits per heavy atom. The molecule has 1 N–H and O–H groups in total. The van der Waals surface area contributed by atoms with Gasteiger partial charge in [0.2, 0.25) is 0 Å². The summed E-state index contributed by atoms with van der Waals surface area (Å²) in [5.74, 6) is -0.0591. The number of hydrogen-bond donors (Lipinski definition) is 1. The molecule has 5 nitrogen and oxygen atoms in total. The number of nitrogens with zero attached hydrogens (tertiary/aromatic N) is 2. The molecule has 20 heavy (non-hydrogen) atoms. The molecule has 2 aromatic rings. The number of aryl methyl sites for hydroxylation is 2. The summed E-state index contributed by atoms with van der Waals surface area (Å²) in [6, 6.07) is 1.81. The normalized spacial score (nSPS) is 17.6. The Morgan fingerprint density at radius 1 is 1.35 bits per heavy atom. The van der Waals surface area contributed by atoms with Crippen molar-refractivity contribution >= 4 is 17.0 Å². The molecule has 0 atom stereocenters. The molecule has 0 radical (unpaired) electrons. The minimum Gasteiger partial charge on any atom is -0.347 e. The SMILES string of the molecule is Cc1cc(C(=O)NC2(C)CCCC2)c2c(C)noc2n1. The fourth-order valence-corrected chi connectivity index (χ4v) is 3.02. The van der Waals surface area contributed by atoms with Crippen LogP contribution in [0.4, 0.5) is 0 Å². The van der Waals surface area contributed by atoms with Crippen LogP contribution in [0.1, 0.15) is 54.4 Å². The highest BCUT2D eigenvalue weighted by atomic mass is 16.5. The minimum atomic E-state index is -0.0916. The number of hydrogen-bond acceptors (Lipinski definition) is 4. The van der Waals surface area contributed by atoms with E-state index in [1.165, 1.54) is 12.8 Å². The van der Waals surface area contributed by atoms with Crippen LogP contribution in [0.2, 0.25) is 0 Å². The summed E-state index contributed by atoms with van der Waals surface area (Å²) in [6.07, 6.45) is 4.42. The standard InChI is InChI=1S/C15H19N3O2/c1-9-8-11(12-10(2)18-20-14(12)16-9)13(19)17-15(3)6-4-5-7-15/h8H,4-7H2,1-3H3,(H,17,19). The fourth-order valence-electron chi connectivity index (χ4n) is 3.02. The van der Waals surface area contributed by atoms with Gasteiger partial charge in [0.15, 0.2) is 0 Å². The van der Waals surface area contributed by atoms with E-state index >= 15 is 0 Å². The van der Waals surface area contributed by atoms with Gasteiger partial charge in [0.25, 0.3) is 11.6 Å². The van der Waals surface area contributed by atoms with Crippen LogP contribution in [0, 0.1) is 13.8 Å². The maximum absolute atomic E-state index is 12.6. The molecule has 106 valence electrons. The lowest BCUT2D eigenvalue weighted by atomic mass is 9.99. The van der Waals surface area contributed by atoms with Crippen molar-refractivity contribution in [3.05, 3.63) is 23.0 Å². The number of carbonyl (C=O) groups is 1. The van der Waals surface area contributed by atoms with Crippen LogP contribution in [-0.4, -0.2) is 21.6 Å². The van der Waals surface area contributed by atoms with E-state index in [0.717, 1.165) is 23.9 Å². The summed E-state index contributed by atoms with van der Waals surface area (Å²) in [5.41, 5.74) is 2.42. The molecule has 1 amide bonds. The van der Waals surface area contributed by atoms with Crippen molar-refractivity contribution in [2.24, 2.45) is 0 Å². The van der Waals surface area contributed by atoms with Crippen LogP contribution in [0.25, 0.3) is 11.1 Å². The number of aromatic nitrogens is 2. The first-order chi connectivity index (χ1) is 9.48. The van der Waals surface area contributed by atoms with Crippen LogP contribution < -0.4 is 5.32 Å². The molecule has 0 aromatic carbocycles. The summed E-state index contributed by atoms with van der Waals surface area (Å²) in [5, 5.41) is 7.80. The predicted octanol–water partition coefficient (Wildman–Crippen LogP) is 2.90. The van der Waals surface area contributed by atoms with Gasteiger partial charge in [0.05, 0.1) is 16.6 Å². The van der Waals surface area contributed by atoms with Crippen molar-refractivity contribution in [3.8, 4) is 0 Å². The van der Waals surface area contributed by atoms with Crippen LogP contribution in [-0.2, 0) is 0 Å². The smallest absolute Gasteiger partial charge is 0.258 e. The molecule has 1 aliphatic carbocycles. The van der Waals surface area contributed by atoms with E-state index in [9.17, 15) is 4.79 Å². The minimum absolute atomic E-state index is 0.0591. The fraction of sp³-hybridized carbons (Fsp3) is 0.533. The second kappa shape index (κ2) is 4.58. The number of pyridine rings is 1. The number of rotatable bonds is 2. The van der Waals surface area contributed by atoms with E-state index in [2.05, 4.69) is 22.4 Å². The second-order valence-electron chi connectivity index (χ2n) is 5.98. The Kier molecular flexibility index (Phi) is 3.00. The lowest BCUT2D eigenvalue weighted by molar-refractivity contribution is 0.0909. The molecule has 0 spiro atoms. The molecule has 0 aliphatic heterocycles. The molecule has 0 bridgehead atoms. The van der Waals surface area contributed by atoms with E-state index < -0.39 is 0 Å². The van der Waals surface area contributed by atoms with Crippen LogP contribution >= 0.6 is 0 Å². The van der Waals surface area contributed by atoms with Crippen LogP contribution in [0.15, 0.2) is 10.6 Å². The number of nitrogens with one attached hydrogen (secondary N) is 1. The maximum Gasteiger partial charge on any atom is 0.258 e. The topological polar surface area (TPSA) is 68.0 Å². The highest BCUT2D eigenvalue weighted by Gasteiger charge is 2.31. The monoisotopic (exact) mass is 273 g/mol. The molecule has 3 rings (SSSR count). The average molecular weight is 273 g/mol. The second-order valence-corrected chi connectivity index (χ2v) is 5.98. The van der Waals surface area contributed by atoms with Gasteiger partial charge >= 0.3 is 0 Å². The first-order valence-corrected chi connectivity index (χ1v) is 7.05. The molecular weight excluding hydrogens is 254 g/mol.